The number of ether oxygens (including phenoxy) is 3. The summed E-state index contributed by atoms with van der Waals surface area (Å²) in [7, 11) is 1.63. The molecule has 0 saturated heterocycles. The second kappa shape index (κ2) is 11.7. The van der Waals surface area contributed by atoms with Gasteiger partial charge in [0.05, 0.1) is 13.7 Å². The normalized spacial score (nSPS) is 11.7. The van der Waals surface area contributed by atoms with Crippen LogP contribution in [0.1, 0.15) is 43.3 Å². The van der Waals surface area contributed by atoms with Gasteiger partial charge in [0.1, 0.15) is 5.75 Å². The molecule has 2 amide bonds. The minimum atomic E-state index is -0.377. The number of nitrogens with zero attached hydrogens (tertiary/aromatic N) is 2. The molecule has 0 atom stereocenters. The van der Waals surface area contributed by atoms with E-state index >= 15 is 0 Å². The van der Waals surface area contributed by atoms with E-state index < -0.39 is 0 Å². The van der Waals surface area contributed by atoms with Crippen molar-refractivity contribution in [2.45, 2.75) is 26.4 Å². The number of rotatable bonds is 10. The molecule has 1 aliphatic heterocycles. The third kappa shape index (κ3) is 6.38. The highest BCUT2D eigenvalue weighted by Crippen LogP contribution is 2.32. The van der Waals surface area contributed by atoms with Gasteiger partial charge < -0.3 is 29.0 Å². The van der Waals surface area contributed by atoms with E-state index in [1.807, 2.05) is 73.7 Å². The summed E-state index contributed by atoms with van der Waals surface area (Å²) >= 11 is 0. The molecule has 200 valence electrons. The molecule has 0 aliphatic carbocycles. The molecular weight excluding hydrogens is 498 g/mol. The minimum absolute atomic E-state index is 0.131. The van der Waals surface area contributed by atoms with Crippen molar-refractivity contribution in [1.29, 1.82) is 0 Å². The SMILES string of the molecule is COc1ccc(CCN(Cc2cc(C(=O)NCc3ccc4c(c3)OCO4)no2)C(=O)c2ccc(C)cc2)cc1. The Kier molecular flexibility index (Phi) is 7.77. The maximum absolute atomic E-state index is 13.4. The van der Waals surface area contributed by atoms with Crippen LogP contribution in [0.5, 0.6) is 17.2 Å². The second-order valence-electron chi connectivity index (χ2n) is 9.24. The van der Waals surface area contributed by atoms with E-state index in [1.165, 1.54) is 0 Å². The van der Waals surface area contributed by atoms with E-state index in [0.717, 1.165) is 22.4 Å². The molecule has 0 fully saturated rings. The van der Waals surface area contributed by atoms with Gasteiger partial charge in [-0.15, -0.1) is 0 Å². The fraction of sp³-hybridized carbons (Fsp3) is 0.233. The van der Waals surface area contributed by atoms with Gasteiger partial charge in [0.15, 0.2) is 23.0 Å². The molecule has 9 nitrogen and oxygen atoms in total. The van der Waals surface area contributed by atoms with Gasteiger partial charge in [-0.2, -0.15) is 0 Å². The van der Waals surface area contributed by atoms with E-state index in [2.05, 4.69) is 10.5 Å². The van der Waals surface area contributed by atoms with E-state index in [0.29, 0.717) is 35.8 Å². The van der Waals surface area contributed by atoms with Crippen LogP contribution >= 0.6 is 0 Å². The number of hydrogen-bond acceptors (Lipinski definition) is 7. The molecule has 0 spiro atoms. The zero-order valence-corrected chi connectivity index (χ0v) is 21.8. The highest BCUT2D eigenvalue weighted by Gasteiger charge is 2.20. The first-order valence-corrected chi connectivity index (χ1v) is 12.6. The van der Waals surface area contributed by atoms with Crippen molar-refractivity contribution in [2.24, 2.45) is 0 Å². The van der Waals surface area contributed by atoms with Gasteiger partial charge in [-0.25, -0.2) is 0 Å². The molecule has 0 unspecified atom stereocenters. The predicted molar refractivity (Wildman–Crippen MR) is 143 cm³/mol. The van der Waals surface area contributed by atoms with Crippen LogP contribution in [0.2, 0.25) is 0 Å². The molecule has 3 aromatic carbocycles. The minimum Gasteiger partial charge on any atom is -0.497 e. The number of nitrogens with one attached hydrogen (secondary N) is 1. The zero-order valence-electron chi connectivity index (χ0n) is 21.8. The number of methoxy groups -OCH3 is 1. The summed E-state index contributed by atoms with van der Waals surface area (Å²) < 4.78 is 21.4. The molecule has 39 heavy (non-hydrogen) atoms. The summed E-state index contributed by atoms with van der Waals surface area (Å²) in [4.78, 5) is 27.8. The number of aromatic nitrogens is 1. The largest absolute Gasteiger partial charge is 0.497 e. The smallest absolute Gasteiger partial charge is 0.273 e. The van der Waals surface area contributed by atoms with Gasteiger partial charge in [-0.3, -0.25) is 9.59 Å². The molecule has 0 saturated carbocycles. The van der Waals surface area contributed by atoms with E-state index in [9.17, 15) is 9.59 Å². The summed E-state index contributed by atoms with van der Waals surface area (Å²) in [6, 6.07) is 22.3. The van der Waals surface area contributed by atoms with Gasteiger partial charge in [0.25, 0.3) is 11.8 Å². The molecule has 1 aromatic heterocycles. The van der Waals surface area contributed by atoms with Crippen LogP contribution in [-0.2, 0) is 19.5 Å². The third-order valence-corrected chi connectivity index (χ3v) is 6.44. The first-order valence-electron chi connectivity index (χ1n) is 12.6. The lowest BCUT2D eigenvalue weighted by atomic mass is 10.1. The Labute approximate surface area is 226 Å². The Hall–Kier alpha value is -4.79. The molecule has 2 heterocycles. The van der Waals surface area contributed by atoms with Crippen LogP contribution in [0, 0.1) is 6.92 Å². The summed E-state index contributed by atoms with van der Waals surface area (Å²) in [5, 5.41) is 6.77. The summed E-state index contributed by atoms with van der Waals surface area (Å²) in [6.45, 7) is 3.08. The molecule has 4 aromatic rings. The Morgan fingerprint density at radius 1 is 0.949 bits per heavy atom. The molecular formula is C30H29N3O6. The molecule has 1 N–H and O–H groups in total. The van der Waals surface area contributed by atoms with Crippen LogP contribution < -0.4 is 19.5 Å². The highest BCUT2D eigenvalue weighted by atomic mass is 16.7. The predicted octanol–water partition coefficient (Wildman–Crippen LogP) is 4.54. The Morgan fingerprint density at radius 2 is 1.69 bits per heavy atom. The number of fused-ring (bicyclic) bond motifs is 1. The molecule has 9 heteroatoms. The lowest BCUT2D eigenvalue weighted by Gasteiger charge is -2.22. The average molecular weight is 528 g/mol. The van der Waals surface area contributed by atoms with Gasteiger partial charge >= 0.3 is 0 Å². The van der Waals surface area contributed by atoms with Crippen molar-refractivity contribution in [2.75, 3.05) is 20.4 Å². The van der Waals surface area contributed by atoms with Crippen molar-refractivity contribution in [3.8, 4) is 17.2 Å². The number of amides is 2. The monoisotopic (exact) mass is 527 g/mol. The fourth-order valence-corrected chi connectivity index (χ4v) is 4.19. The first kappa shape index (κ1) is 25.8. The summed E-state index contributed by atoms with van der Waals surface area (Å²) in [6.07, 6.45) is 0.638. The molecule has 5 rings (SSSR count). The van der Waals surface area contributed by atoms with Crippen molar-refractivity contribution < 1.29 is 28.3 Å². The van der Waals surface area contributed by atoms with Crippen molar-refractivity contribution in [3.63, 3.8) is 0 Å². The lowest BCUT2D eigenvalue weighted by Crippen LogP contribution is -2.32. The second-order valence-corrected chi connectivity index (χ2v) is 9.24. The number of benzene rings is 3. The Morgan fingerprint density at radius 3 is 2.46 bits per heavy atom. The van der Waals surface area contributed by atoms with Crippen LogP contribution in [-0.4, -0.2) is 42.3 Å². The van der Waals surface area contributed by atoms with Gasteiger partial charge in [0.2, 0.25) is 6.79 Å². The van der Waals surface area contributed by atoms with E-state index in [-0.39, 0.29) is 37.4 Å². The quantitative estimate of drug-likeness (QED) is 0.323. The molecule has 0 radical (unpaired) electrons. The van der Waals surface area contributed by atoms with Gasteiger partial charge in [0, 0.05) is 24.7 Å². The Bertz CT molecular complexity index is 1450. The topological polar surface area (TPSA) is 103 Å². The van der Waals surface area contributed by atoms with Crippen molar-refractivity contribution in [3.05, 3.63) is 107 Å². The van der Waals surface area contributed by atoms with Crippen molar-refractivity contribution in [1.82, 2.24) is 15.4 Å². The fourth-order valence-electron chi connectivity index (χ4n) is 4.19. The highest BCUT2D eigenvalue weighted by molar-refractivity contribution is 5.94. The third-order valence-electron chi connectivity index (χ3n) is 6.44. The average Bonchev–Trinajstić information content (AvgIpc) is 3.64. The maximum Gasteiger partial charge on any atom is 0.273 e. The van der Waals surface area contributed by atoms with Crippen molar-refractivity contribution >= 4 is 11.8 Å². The van der Waals surface area contributed by atoms with Gasteiger partial charge in [-0.1, -0.05) is 41.1 Å². The van der Waals surface area contributed by atoms with Crippen LogP contribution in [0.4, 0.5) is 0 Å². The molecule has 1 aliphatic rings. The van der Waals surface area contributed by atoms with E-state index in [1.54, 1.807) is 18.1 Å². The van der Waals surface area contributed by atoms with Crippen LogP contribution in [0.15, 0.2) is 77.3 Å². The summed E-state index contributed by atoms with van der Waals surface area (Å²) in [5.74, 6) is 2.02. The Balaban J connectivity index is 1.25. The lowest BCUT2D eigenvalue weighted by molar-refractivity contribution is 0.0729. The van der Waals surface area contributed by atoms with E-state index in [4.69, 9.17) is 18.7 Å². The van der Waals surface area contributed by atoms with Crippen LogP contribution in [0.25, 0.3) is 0 Å². The number of aryl methyl sites for hydroxylation is 1. The first-order chi connectivity index (χ1) is 19.0. The molecule has 0 bridgehead atoms. The number of carbonyl (C=O) groups excluding carboxylic acids is 2. The number of hydrogen-bond donors (Lipinski definition) is 1. The summed E-state index contributed by atoms with van der Waals surface area (Å²) in [5.41, 5.74) is 3.73. The standard InChI is InChI=1S/C30H29N3O6/c1-20-3-8-23(9-4-20)30(35)33(14-13-21-5-10-24(36-2)11-6-21)18-25-16-26(32-39-25)29(34)31-17-22-7-12-27-28(15-22)38-19-37-27/h3-12,15-16H,13-14,17-19H2,1-2H3,(H,31,34). The van der Waals surface area contributed by atoms with Crippen LogP contribution in [0.3, 0.4) is 0 Å². The zero-order chi connectivity index (χ0) is 27.2. The van der Waals surface area contributed by atoms with Gasteiger partial charge in [-0.05, 0) is 60.9 Å². The maximum atomic E-state index is 13.4. The number of carbonyl (C=O) groups is 2.